The molecule has 6 heteroatoms. The van der Waals surface area contributed by atoms with Gasteiger partial charge in [-0.15, -0.1) is 0 Å². The van der Waals surface area contributed by atoms with E-state index in [4.69, 9.17) is 21.1 Å². The largest absolute Gasteiger partial charge is 0.497 e. The topological polar surface area (TPSA) is 39.5 Å². The molecule has 0 saturated carbocycles. The number of morpholine rings is 1. The Bertz CT molecular complexity index is 1210. The SMILES string of the molecule is COc1ccc(-c2cncc(-c3cn(CCN4CCOCC4)c4cc(Cl)ccc34)c2)cc1. The maximum Gasteiger partial charge on any atom is 0.118 e. The van der Waals surface area contributed by atoms with Crippen LogP contribution in [0.1, 0.15) is 0 Å². The molecule has 0 aliphatic carbocycles. The number of methoxy groups -OCH3 is 1. The molecule has 1 fully saturated rings. The molecule has 0 bridgehead atoms. The minimum Gasteiger partial charge on any atom is -0.497 e. The van der Waals surface area contributed by atoms with Gasteiger partial charge in [0.05, 0.1) is 25.8 Å². The molecule has 1 aliphatic heterocycles. The summed E-state index contributed by atoms with van der Waals surface area (Å²) in [6, 6.07) is 16.4. The van der Waals surface area contributed by atoms with Crippen molar-refractivity contribution in [2.45, 2.75) is 6.54 Å². The number of hydrogen-bond donors (Lipinski definition) is 0. The third kappa shape index (κ3) is 4.37. The van der Waals surface area contributed by atoms with Crippen molar-refractivity contribution in [1.82, 2.24) is 14.5 Å². The van der Waals surface area contributed by atoms with Crippen molar-refractivity contribution >= 4 is 22.5 Å². The molecule has 4 aromatic rings. The Hall–Kier alpha value is -2.86. The second-order valence-electron chi connectivity index (χ2n) is 8.04. The Balaban J connectivity index is 1.49. The number of fused-ring (bicyclic) bond motifs is 1. The molecule has 164 valence electrons. The second kappa shape index (κ2) is 9.33. The van der Waals surface area contributed by atoms with Crippen LogP contribution < -0.4 is 4.74 Å². The summed E-state index contributed by atoms with van der Waals surface area (Å²) < 4.78 is 13.1. The molecule has 5 rings (SSSR count). The van der Waals surface area contributed by atoms with E-state index in [2.05, 4.69) is 51.0 Å². The minimum absolute atomic E-state index is 0.750. The van der Waals surface area contributed by atoms with Gasteiger partial charge in [0.1, 0.15) is 5.75 Å². The van der Waals surface area contributed by atoms with Crippen LogP contribution in [0.2, 0.25) is 5.02 Å². The molecule has 32 heavy (non-hydrogen) atoms. The maximum absolute atomic E-state index is 6.36. The first-order valence-electron chi connectivity index (χ1n) is 10.9. The van der Waals surface area contributed by atoms with Crippen molar-refractivity contribution in [3.63, 3.8) is 0 Å². The van der Waals surface area contributed by atoms with E-state index in [0.717, 1.165) is 72.4 Å². The lowest BCUT2D eigenvalue weighted by molar-refractivity contribution is 0.0365. The summed E-state index contributed by atoms with van der Waals surface area (Å²) in [5.41, 5.74) is 5.60. The molecule has 0 unspecified atom stereocenters. The van der Waals surface area contributed by atoms with Gasteiger partial charge >= 0.3 is 0 Å². The number of aromatic nitrogens is 2. The Kier molecular flexibility index (Phi) is 6.12. The van der Waals surface area contributed by atoms with Gasteiger partial charge in [-0.25, -0.2) is 0 Å². The quantitative estimate of drug-likeness (QED) is 0.398. The standard InChI is InChI=1S/C26H26ClN3O2/c1-31-23-5-2-19(3-6-23)20-14-21(17-28-16-20)25-18-30(9-8-29-10-12-32-13-11-29)26-15-22(27)4-7-24(25)26/h2-7,14-18H,8-13H2,1H3. The number of benzene rings is 2. The van der Waals surface area contributed by atoms with Crippen molar-refractivity contribution in [1.29, 1.82) is 0 Å². The molecule has 3 heterocycles. The van der Waals surface area contributed by atoms with Gasteiger partial charge in [-0.3, -0.25) is 9.88 Å². The lowest BCUT2D eigenvalue weighted by Crippen LogP contribution is -2.38. The predicted molar refractivity (Wildman–Crippen MR) is 129 cm³/mol. The summed E-state index contributed by atoms with van der Waals surface area (Å²) in [7, 11) is 1.68. The molecule has 0 N–H and O–H groups in total. The normalized spacial score (nSPS) is 14.7. The Morgan fingerprint density at radius 3 is 2.50 bits per heavy atom. The highest BCUT2D eigenvalue weighted by molar-refractivity contribution is 6.31. The molecular formula is C26H26ClN3O2. The van der Waals surface area contributed by atoms with Crippen molar-refractivity contribution in [2.75, 3.05) is 40.0 Å². The number of nitrogens with zero attached hydrogens (tertiary/aromatic N) is 3. The molecule has 1 aliphatic rings. The zero-order valence-electron chi connectivity index (χ0n) is 18.1. The van der Waals surface area contributed by atoms with Crippen molar-refractivity contribution in [3.8, 4) is 28.0 Å². The molecule has 2 aromatic heterocycles. The fourth-order valence-electron chi connectivity index (χ4n) is 4.28. The summed E-state index contributed by atoms with van der Waals surface area (Å²) in [4.78, 5) is 6.99. The van der Waals surface area contributed by atoms with Gasteiger partial charge < -0.3 is 14.0 Å². The van der Waals surface area contributed by atoms with E-state index >= 15 is 0 Å². The second-order valence-corrected chi connectivity index (χ2v) is 8.48. The number of rotatable bonds is 6. The van der Waals surface area contributed by atoms with Gasteiger partial charge in [0.25, 0.3) is 0 Å². The van der Waals surface area contributed by atoms with Crippen molar-refractivity contribution in [3.05, 3.63) is 72.1 Å². The molecule has 1 saturated heterocycles. The van der Waals surface area contributed by atoms with E-state index in [1.807, 2.05) is 30.6 Å². The lowest BCUT2D eigenvalue weighted by Gasteiger charge is -2.26. The molecule has 0 spiro atoms. The minimum atomic E-state index is 0.750. The molecule has 0 radical (unpaired) electrons. The van der Waals surface area contributed by atoms with Crippen molar-refractivity contribution in [2.24, 2.45) is 0 Å². The maximum atomic E-state index is 6.36. The van der Waals surface area contributed by atoms with Crippen LogP contribution in [0.25, 0.3) is 33.2 Å². The first-order valence-corrected chi connectivity index (χ1v) is 11.3. The monoisotopic (exact) mass is 447 g/mol. The number of pyridine rings is 1. The average Bonchev–Trinajstić information content (AvgIpc) is 3.21. The highest BCUT2D eigenvalue weighted by atomic mass is 35.5. The van der Waals surface area contributed by atoms with Gasteiger partial charge in [0, 0.05) is 71.9 Å². The Morgan fingerprint density at radius 2 is 1.72 bits per heavy atom. The number of ether oxygens (including phenoxy) is 2. The zero-order valence-corrected chi connectivity index (χ0v) is 18.9. The van der Waals surface area contributed by atoms with E-state index < -0.39 is 0 Å². The average molecular weight is 448 g/mol. The van der Waals surface area contributed by atoms with Crippen LogP contribution in [0.4, 0.5) is 0 Å². The highest BCUT2D eigenvalue weighted by Crippen LogP contribution is 2.34. The van der Waals surface area contributed by atoms with Crippen LogP contribution in [0.3, 0.4) is 0 Å². The highest BCUT2D eigenvalue weighted by Gasteiger charge is 2.15. The van der Waals surface area contributed by atoms with E-state index in [1.54, 1.807) is 7.11 Å². The van der Waals surface area contributed by atoms with E-state index in [-0.39, 0.29) is 0 Å². The molecular weight excluding hydrogens is 422 g/mol. The lowest BCUT2D eigenvalue weighted by atomic mass is 10.0. The van der Waals surface area contributed by atoms with Crippen LogP contribution in [0.5, 0.6) is 5.75 Å². The van der Waals surface area contributed by atoms with Crippen LogP contribution in [0.15, 0.2) is 67.1 Å². The van der Waals surface area contributed by atoms with E-state index in [0.29, 0.717) is 0 Å². The third-order valence-corrected chi connectivity index (χ3v) is 6.31. The molecule has 0 amide bonds. The first-order chi connectivity index (χ1) is 15.7. The predicted octanol–water partition coefficient (Wildman–Crippen LogP) is 5.36. The van der Waals surface area contributed by atoms with Crippen molar-refractivity contribution < 1.29 is 9.47 Å². The summed E-state index contributed by atoms with van der Waals surface area (Å²) >= 11 is 6.36. The summed E-state index contributed by atoms with van der Waals surface area (Å²) in [6.45, 7) is 5.49. The third-order valence-electron chi connectivity index (χ3n) is 6.08. The first kappa shape index (κ1) is 21.0. The number of halogens is 1. The van der Waals surface area contributed by atoms with E-state index in [1.165, 1.54) is 10.9 Å². The molecule has 2 aromatic carbocycles. The van der Waals surface area contributed by atoms with Crippen LogP contribution >= 0.6 is 11.6 Å². The Labute approximate surface area is 193 Å². The summed E-state index contributed by atoms with van der Waals surface area (Å²) in [5.74, 6) is 0.845. The van der Waals surface area contributed by atoms with Gasteiger partial charge in [-0.05, 0) is 35.9 Å². The summed E-state index contributed by atoms with van der Waals surface area (Å²) in [6.07, 6.45) is 6.07. The smallest absolute Gasteiger partial charge is 0.118 e. The Morgan fingerprint density at radius 1 is 0.938 bits per heavy atom. The summed E-state index contributed by atoms with van der Waals surface area (Å²) in [5, 5.41) is 1.94. The molecule has 5 nitrogen and oxygen atoms in total. The van der Waals surface area contributed by atoms with Gasteiger partial charge in [-0.1, -0.05) is 29.8 Å². The van der Waals surface area contributed by atoms with Gasteiger partial charge in [0.15, 0.2) is 0 Å². The van der Waals surface area contributed by atoms with Gasteiger partial charge in [-0.2, -0.15) is 0 Å². The fourth-order valence-corrected chi connectivity index (χ4v) is 4.45. The molecule has 0 atom stereocenters. The zero-order chi connectivity index (χ0) is 21.9. The fraction of sp³-hybridized carbons (Fsp3) is 0.269. The van der Waals surface area contributed by atoms with Crippen LogP contribution in [-0.4, -0.2) is 54.4 Å². The van der Waals surface area contributed by atoms with Gasteiger partial charge in [0.2, 0.25) is 0 Å². The van der Waals surface area contributed by atoms with Crippen LogP contribution in [-0.2, 0) is 11.3 Å². The van der Waals surface area contributed by atoms with E-state index in [9.17, 15) is 0 Å². The number of hydrogen-bond acceptors (Lipinski definition) is 4. The van der Waals surface area contributed by atoms with Crippen LogP contribution in [0, 0.1) is 0 Å².